The molecule has 5 nitrogen and oxygen atoms in total. The third-order valence-corrected chi connectivity index (χ3v) is 8.39. The maximum Gasteiger partial charge on any atom is 0.244 e. The Morgan fingerprint density at radius 2 is 1.41 bits per heavy atom. The number of likely N-dealkylation sites (N-methyl/N-ethyl adjacent to an activating group) is 1. The summed E-state index contributed by atoms with van der Waals surface area (Å²) in [5.41, 5.74) is 5.97. The van der Waals surface area contributed by atoms with E-state index in [0.29, 0.717) is 16.1 Å². The van der Waals surface area contributed by atoms with Crippen molar-refractivity contribution in [2.24, 2.45) is 0 Å². The number of hydrogen-bond acceptors (Lipinski definition) is 3. The molecule has 0 N–H and O–H groups in total. The molecule has 0 saturated carbocycles. The lowest BCUT2D eigenvalue weighted by Crippen LogP contribution is -2.41. The molecular weight excluding hydrogens is 468 g/mol. The Hall–Kier alpha value is -2.67. The van der Waals surface area contributed by atoms with Crippen LogP contribution in [0.25, 0.3) is 0 Å². The van der Waals surface area contributed by atoms with Gasteiger partial charge in [0.1, 0.15) is 0 Å². The minimum atomic E-state index is -3.96. The summed E-state index contributed by atoms with van der Waals surface area (Å²) in [5.74, 6) is -0.316. The molecule has 0 radical (unpaired) electrons. The molecular formula is C27H31ClN2O3S. The van der Waals surface area contributed by atoms with E-state index >= 15 is 0 Å². The van der Waals surface area contributed by atoms with Crippen LogP contribution < -0.4 is 4.90 Å². The van der Waals surface area contributed by atoms with Crippen LogP contribution >= 0.6 is 11.6 Å². The molecule has 3 rings (SSSR count). The van der Waals surface area contributed by atoms with Crippen molar-refractivity contribution in [2.75, 3.05) is 18.5 Å². The van der Waals surface area contributed by atoms with Crippen LogP contribution in [0.5, 0.6) is 0 Å². The Kier molecular flexibility index (Phi) is 7.86. The van der Waals surface area contributed by atoms with Gasteiger partial charge < -0.3 is 4.90 Å². The molecule has 34 heavy (non-hydrogen) atoms. The summed E-state index contributed by atoms with van der Waals surface area (Å²) in [6.45, 7) is 9.27. The number of nitrogens with zero attached hydrogens (tertiary/aromatic N) is 2. The van der Waals surface area contributed by atoms with E-state index in [2.05, 4.69) is 0 Å². The highest BCUT2D eigenvalue weighted by atomic mass is 35.5. The van der Waals surface area contributed by atoms with Gasteiger partial charge >= 0.3 is 0 Å². The first-order valence-corrected chi connectivity index (χ1v) is 12.9. The molecule has 0 spiro atoms. The summed E-state index contributed by atoms with van der Waals surface area (Å²) >= 11 is 6.02. The number of sulfonamides is 1. The van der Waals surface area contributed by atoms with Crippen LogP contribution in [0.1, 0.15) is 33.4 Å². The van der Waals surface area contributed by atoms with Crippen molar-refractivity contribution in [3.8, 4) is 0 Å². The third-order valence-electron chi connectivity index (χ3n) is 6.04. The predicted octanol–water partition coefficient (Wildman–Crippen LogP) is 5.74. The van der Waals surface area contributed by atoms with Crippen LogP contribution in [0.4, 0.5) is 5.69 Å². The monoisotopic (exact) mass is 498 g/mol. The summed E-state index contributed by atoms with van der Waals surface area (Å²) in [6.07, 6.45) is 0. The molecule has 0 aliphatic rings. The van der Waals surface area contributed by atoms with Crippen LogP contribution in [0, 0.1) is 34.6 Å². The van der Waals surface area contributed by atoms with Crippen molar-refractivity contribution in [2.45, 2.75) is 46.1 Å². The molecule has 0 aromatic heterocycles. The van der Waals surface area contributed by atoms with E-state index in [4.69, 9.17) is 11.6 Å². The van der Waals surface area contributed by atoms with Crippen LogP contribution in [0.3, 0.4) is 0 Å². The normalized spacial score (nSPS) is 11.6. The summed E-state index contributed by atoms with van der Waals surface area (Å²) in [6, 6.07) is 16.4. The quantitative estimate of drug-likeness (QED) is 0.417. The zero-order valence-corrected chi connectivity index (χ0v) is 22.1. The summed E-state index contributed by atoms with van der Waals surface area (Å²) < 4.78 is 29.0. The molecule has 0 aliphatic heterocycles. The Labute approximate surface area is 208 Å². The SMILES string of the molecule is Cc1cc(C)c(S(=O)(=O)N(CC(=O)N(C)c2ccc(C)c(C)c2)Cc2ccc(Cl)cc2)c(C)c1. The third kappa shape index (κ3) is 5.69. The maximum absolute atomic E-state index is 13.9. The van der Waals surface area contributed by atoms with Crippen LogP contribution in [0.2, 0.25) is 5.02 Å². The highest BCUT2D eigenvalue weighted by Gasteiger charge is 2.31. The molecule has 0 unspecified atom stereocenters. The van der Waals surface area contributed by atoms with Crippen molar-refractivity contribution in [3.63, 3.8) is 0 Å². The summed E-state index contributed by atoms with van der Waals surface area (Å²) in [4.78, 5) is 15.0. The topological polar surface area (TPSA) is 57.7 Å². The number of amides is 1. The Bertz CT molecular complexity index is 1300. The molecule has 180 valence electrons. The predicted molar refractivity (Wildman–Crippen MR) is 139 cm³/mol. The molecule has 1 amide bonds. The highest BCUT2D eigenvalue weighted by molar-refractivity contribution is 7.89. The number of aryl methyl sites for hydroxylation is 5. The van der Waals surface area contributed by atoms with Gasteiger partial charge in [0, 0.05) is 24.3 Å². The average molecular weight is 499 g/mol. The molecule has 0 aliphatic carbocycles. The number of benzene rings is 3. The first-order chi connectivity index (χ1) is 15.9. The summed E-state index contributed by atoms with van der Waals surface area (Å²) in [5, 5.41) is 0.564. The Morgan fingerprint density at radius 3 is 1.97 bits per heavy atom. The fourth-order valence-electron chi connectivity index (χ4n) is 4.06. The molecule has 0 saturated heterocycles. The number of carbonyl (C=O) groups is 1. The van der Waals surface area contributed by atoms with E-state index in [-0.39, 0.29) is 23.9 Å². The minimum absolute atomic E-state index is 0.0543. The second kappa shape index (κ2) is 10.3. The largest absolute Gasteiger partial charge is 0.314 e. The van der Waals surface area contributed by atoms with Gasteiger partial charge in [0.25, 0.3) is 0 Å². The van der Waals surface area contributed by atoms with E-state index in [9.17, 15) is 13.2 Å². The van der Waals surface area contributed by atoms with Gasteiger partial charge in [0.15, 0.2) is 0 Å². The van der Waals surface area contributed by atoms with Gasteiger partial charge in [-0.3, -0.25) is 4.79 Å². The molecule has 0 atom stereocenters. The second-order valence-electron chi connectivity index (χ2n) is 8.85. The molecule has 0 heterocycles. The second-order valence-corrected chi connectivity index (χ2v) is 11.2. The van der Waals surface area contributed by atoms with Gasteiger partial charge in [-0.25, -0.2) is 8.42 Å². The van der Waals surface area contributed by atoms with Crippen molar-refractivity contribution in [3.05, 3.63) is 93.0 Å². The van der Waals surface area contributed by atoms with Gasteiger partial charge in [-0.1, -0.05) is 47.5 Å². The molecule has 3 aromatic rings. The number of hydrogen-bond donors (Lipinski definition) is 0. The number of rotatable bonds is 7. The van der Waals surface area contributed by atoms with Crippen molar-refractivity contribution >= 4 is 33.2 Å². The van der Waals surface area contributed by atoms with Gasteiger partial charge in [0.05, 0.1) is 11.4 Å². The lowest BCUT2D eigenvalue weighted by Gasteiger charge is -2.27. The fourth-order valence-corrected chi connectivity index (χ4v) is 5.97. The minimum Gasteiger partial charge on any atom is -0.314 e. The molecule has 0 bridgehead atoms. The van der Waals surface area contributed by atoms with Gasteiger partial charge in [0.2, 0.25) is 15.9 Å². The fraction of sp³-hybridized carbons (Fsp3) is 0.296. The maximum atomic E-state index is 13.9. The zero-order chi connectivity index (χ0) is 25.2. The smallest absolute Gasteiger partial charge is 0.244 e. The van der Waals surface area contributed by atoms with E-state index < -0.39 is 10.0 Å². The van der Waals surface area contributed by atoms with Crippen LogP contribution in [-0.2, 0) is 21.4 Å². The van der Waals surface area contributed by atoms with Crippen LogP contribution in [-0.4, -0.2) is 32.2 Å². The van der Waals surface area contributed by atoms with Gasteiger partial charge in [-0.05, 0) is 86.7 Å². The van der Waals surface area contributed by atoms with Crippen molar-refractivity contribution in [1.82, 2.24) is 4.31 Å². The Morgan fingerprint density at radius 1 is 0.824 bits per heavy atom. The summed E-state index contributed by atoms with van der Waals surface area (Å²) in [7, 11) is -2.29. The number of carbonyl (C=O) groups excluding carboxylic acids is 1. The lowest BCUT2D eigenvalue weighted by atomic mass is 10.1. The van der Waals surface area contributed by atoms with Crippen molar-refractivity contribution in [1.29, 1.82) is 0 Å². The van der Waals surface area contributed by atoms with E-state index in [0.717, 1.165) is 27.9 Å². The molecule has 0 fully saturated rings. The zero-order valence-electron chi connectivity index (χ0n) is 20.5. The number of anilines is 1. The van der Waals surface area contributed by atoms with E-state index in [1.54, 1.807) is 45.2 Å². The van der Waals surface area contributed by atoms with Gasteiger partial charge in [-0.2, -0.15) is 4.31 Å². The first kappa shape index (κ1) is 25.9. The first-order valence-electron chi connectivity index (χ1n) is 11.1. The molecule has 3 aromatic carbocycles. The molecule has 7 heteroatoms. The van der Waals surface area contributed by atoms with E-state index in [1.807, 2.05) is 51.1 Å². The van der Waals surface area contributed by atoms with E-state index in [1.165, 1.54) is 9.21 Å². The van der Waals surface area contributed by atoms with Crippen LogP contribution in [0.15, 0.2) is 59.5 Å². The van der Waals surface area contributed by atoms with Gasteiger partial charge in [-0.15, -0.1) is 0 Å². The lowest BCUT2D eigenvalue weighted by molar-refractivity contribution is -0.118. The van der Waals surface area contributed by atoms with Crippen molar-refractivity contribution < 1.29 is 13.2 Å². The Balaban J connectivity index is 2.00. The standard InChI is InChI=1S/C27H31ClN2O3S/c1-18-13-21(4)27(22(5)14-18)34(32,33)30(16-23-8-10-24(28)11-9-23)17-26(31)29(6)25-12-7-19(2)20(3)15-25/h7-15H,16-17H2,1-6H3. The highest BCUT2D eigenvalue weighted by Crippen LogP contribution is 2.27. The number of halogens is 1. The average Bonchev–Trinajstić information content (AvgIpc) is 2.75.